The van der Waals surface area contributed by atoms with Crippen LogP contribution in [0.4, 0.5) is 0 Å². The number of amides is 1. The van der Waals surface area contributed by atoms with Crippen molar-refractivity contribution in [2.24, 2.45) is 0 Å². The first-order chi connectivity index (χ1) is 11.7. The number of piperazine rings is 1. The van der Waals surface area contributed by atoms with Gasteiger partial charge in [0.15, 0.2) is 6.61 Å². The number of fused-ring (bicyclic) bond motifs is 1. The molecule has 1 aliphatic heterocycles. The summed E-state index contributed by atoms with van der Waals surface area (Å²) in [6, 6.07) is 11.9. The van der Waals surface area contributed by atoms with Gasteiger partial charge < -0.3 is 15.4 Å². The molecular formula is C18H23BrClN3O2. The van der Waals surface area contributed by atoms with Crippen LogP contribution in [0.1, 0.15) is 0 Å². The van der Waals surface area contributed by atoms with Gasteiger partial charge in [-0.3, -0.25) is 9.69 Å². The minimum Gasteiger partial charge on any atom is -0.484 e. The Labute approximate surface area is 162 Å². The highest BCUT2D eigenvalue weighted by molar-refractivity contribution is 9.10. The van der Waals surface area contributed by atoms with Gasteiger partial charge in [0.1, 0.15) is 5.75 Å². The van der Waals surface area contributed by atoms with Gasteiger partial charge in [0.25, 0.3) is 5.91 Å². The van der Waals surface area contributed by atoms with Gasteiger partial charge in [0.2, 0.25) is 0 Å². The predicted octanol–water partition coefficient (Wildman–Crippen LogP) is 2.42. The maximum absolute atomic E-state index is 11.9. The van der Waals surface area contributed by atoms with E-state index >= 15 is 0 Å². The van der Waals surface area contributed by atoms with Crippen molar-refractivity contribution in [2.75, 3.05) is 45.9 Å². The van der Waals surface area contributed by atoms with Crippen LogP contribution in [-0.2, 0) is 4.79 Å². The number of hydrogen-bond donors (Lipinski definition) is 2. The molecule has 1 amide bonds. The van der Waals surface area contributed by atoms with Crippen LogP contribution in [0.15, 0.2) is 40.9 Å². The Hall–Kier alpha value is -1.34. The van der Waals surface area contributed by atoms with Crippen LogP contribution in [0.25, 0.3) is 10.8 Å². The number of nitrogens with zero attached hydrogens (tertiary/aromatic N) is 1. The molecule has 136 valence electrons. The van der Waals surface area contributed by atoms with Gasteiger partial charge in [0, 0.05) is 43.7 Å². The van der Waals surface area contributed by atoms with Crippen LogP contribution in [0.2, 0.25) is 0 Å². The molecule has 0 aromatic heterocycles. The van der Waals surface area contributed by atoms with E-state index in [0.717, 1.165) is 48.0 Å². The fourth-order valence-corrected chi connectivity index (χ4v) is 3.15. The van der Waals surface area contributed by atoms with E-state index in [1.165, 1.54) is 0 Å². The van der Waals surface area contributed by atoms with Gasteiger partial charge in [0.05, 0.1) is 0 Å². The number of nitrogens with one attached hydrogen (secondary N) is 2. The molecule has 0 bridgehead atoms. The van der Waals surface area contributed by atoms with Crippen molar-refractivity contribution in [2.45, 2.75) is 0 Å². The molecule has 3 rings (SSSR count). The minimum absolute atomic E-state index is 0. The zero-order valence-electron chi connectivity index (χ0n) is 14.0. The van der Waals surface area contributed by atoms with Crippen LogP contribution in [-0.4, -0.2) is 56.7 Å². The average Bonchev–Trinajstić information content (AvgIpc) is 2.61. The van der Waals surface area contributed by atoms with Crippen molar-refractivity contribution in [1.29, 1.82) is 0 Å². The predicted molar refractivity (Wildman–Crippen MR) is 107 cm³/mol. The van der Waals surface area contributed by atoms with Crippen LogP contribution in [0, 0.1) is 0 Å². The summed E-state index contributed by atoms with van der Waals surface area (Å²) < 4.78 is 6.65. The van der Waals surface area contributed by atoms with Gasteiger partial charge in [-0.2, -0.15) is 0 Å². The first-order valence-corrected chi connectivity index (χ1v) is 9.02. The zero-order valence-corrected chi connectivity index (χ0v) is 16.4. The van der Waals surface area contributed by atoms with Crippen molar-refractivity contribution >= 4 is 45.0 Å². The third-order valence-electron chi connectivity index (χ3n) is 4.10. The summed E-state index contributed by atoms with van der Waals surface area (Å²) in [6.45, 7) is 5.72. The largest absolute Gasteiger partial charge is 0.484 e. The molecule has 0 unspecified atom stereocenters. The highest BCUT2D eigenvalue weighted by Gasteiger charge is 2.09. The molecule has 1 saturated heterocycles. The Morgan fingerprint density at radius 1 is 1.16 bits per heavy atom. The van der Waals surface area contributed by atoms with E-state index in [4.69, 9.17) is 4.74 Å². The molecule has 2 aromatic rings. The molecule has 1 heterocycles. The maximum atomic E-state index is 11.9. The Kier molecular flexibility index (Phi) is 7.96. The van der Waals surface area contributed by atoms with Crippen LogP contribution >= 0.6 is 28.3 Å². The molecule has 7 heteroatoms. The first-order valence-electron chi connectivity index (χ1n) is 8.22. The monoisotopic (exact) mass is 427 g/mol. The van der Waals surface area contributed by atoms with Gasteiger partial charge in [-0.1, -0.05) is 28.1 Å². The number of rotatable bonds is 6. The third kappa shape index (κ3) is 6.15. The number of hydrogen-bond acceptors (Lipinski definition) is 4. The fraction of sp³-hybridized carbons (Fsp3) is 0.389. The second kappa shape index (κ2) is 9.97. The summed E-state index contributed by atoms with van der Waals surface area (Å²) in [5.74, 6) is 0.628. The number of carbonyl (C=O) groups is 1. The van der Waals surface area contributed by atoms with E-state index < -0.39 is 0 Å². The normalized spacial score (nSPS) is 14.8. The molecule has 0 radical (unpaired) electrons. The molecule has 0 atom stereocenters. The third-order valence-corrected chi connectivity index (χ3v) is 4.60. The lowest BCUT2D eigenvalue weighted by Crippen LogP contribution is -2.46. The molecule has 2 aromatic carbocycles. The second-order valence-corrected chi connectivity index (χ2v) is 6.80. The lowest BCUT2D eigenvalue weighted by atomic mass is 10.1. The van der Waals surface area contributed by atoms with E-state index in [9.17, 15) is 4.79 Å². The molecule has 1 aliphatic rings. The molecular weight excluding hydrogens is 406 g/mol. The molecule has 0 saturated carbocycles. The van der Waals surface area contributed by atoms with E-state index in [0.29, 0.717) is 12.3 Å². The summed E-state index contributed by atoms with van der Waals surface area (Å²) in [4.78, 5) is 14.2. The number of benzene rings is 2. The van der Waals surface area contributed by atoms with Crippen molar-refractivity contribution in [3.63, 3.8) is 0 Å². The van der Waals surface area contributed by atoms with Crippen LogP contribution in [0.5, 0.6) is 5.75 Å². The van der Waals surface area contributed by atoms with Gasteiger partial charge in [-0.05, 0) is 35.0 Å². The highest BCUT2D eigenvalue weighted by atomic mass is 79.9. The van der Waals surface area contributed by atoms with Crippen molar-refractivity contribution in [3.8, 4) is 5.75 Å². The number of carbonyl (C=O) groups excluding carboxylic acids is 1. The van der Waals surface area contributed by atoms with E-state index in [-0.39, 0.29) is 24.9 Å². The molecule has 1 fully saturated rings. The number of halogens is 2. The van der Waals surface area contributed by atoms with Gasteiger partial charge in [-0.15, -0.1) is 12.4 Å². The lowest BCUT2D eigenvalue weighted by Gasteiger charge is -2.27. The second-order valence-electron chi connectivity index (χ2n) is 5.88. The molecule has 2 N–H and O–H groups in total. The van der Waals surface area contributed by atoms with Crippen molar-refractivity contribution in [3.05, 3.63) is 40.9 Å². The summed E-state index contributed by atoms with van der Waals surface area (Å²) in [5, 5.41) is 8.46. The van der Waals surface area contributed by atoms with Crippen LogP contribution < -0.4 is 15.4 Å². The van der Waals surface area contributed by atoms with Crippen molar-refractivity contribution < 1.29 is 9.53 Å². The zero-order chi connectivity index (χ0) is 16.8. The first kappa shape index (κ1) is 20.0. The average molecular weight is 429 g/mol. The van der Waals surface area contributed by atoms with E-state index in [1.54, 1.807) is 0 Å². The minimum atomic E-state index is -0.0824. The van der Waals surface area contributed by atoms with Gasteiger partial charge in [-0.25, -0.2) is 0 Å². The smallest absolute Gasteiger partial charge is 0.257 e. The highest BCUT2D eigenvalue weighted by Crippen LogP contribution is 2.24. The van der Waals surface area contributed by atoms with E-state index in [1.807, 2.05) is 30.3 Å². The molecule has 0 spiro atoms. The summed E-state index contributed by atoms with van der Waals surface area (Å²) in [7, 11) is 0. The summed E-state index contributed by atoms with van der Waals surface area (Å²) >= 11 is 3.46. The Morgan fingerprint density at radius 2 is 1.88 bits per heavy atom. The Morgan fingerprint density at radius 3 is 2.68 bits per heavy atom. The SMILES string of the molecule is Cl.O=C(COc1ccc2cc(Br)ccc2c1)NCCN1CCNCC1. The van der Waals surface area contributed by atoms with E-state index in [2.05, 4.69) is 37.5 Å². The number of ether oxygens (including phenoxy) is 1. The molecule has 25 heavy (non-hydrogen) atoms. The topological polar surface area (TPSA) is 53.6 Å². The van der Waals surface area contributed by atoms with Crippen molar-refractivity contribution in [1.82, 2.24) is 15.5 Å². The van der Waals surface area contributed by atoms with Crippen LogP contribution in [0.3, 0.4) is 0 Å². The van der Waals surface area contributed by atoms with Gasteiger partial charge >= 0.3 is 0 Å². The fourth-order valence-electron chi connectivity index (χ4n) is 2.77. The quantitative estimate of drug-likeness (QED) is 0.742. The Balaban J connectivity index is 0.00000225. The summed E-state index contributed by atoms with van der Waals surface area (Å²) in [5.41, 5.74) is 0. The molecule has 0 aliphatic carbocycles. The summed E-state index contributed by atoms with van der Waals surface area (Å²) in [6.07, 6.45) is 0. The molecule has 5 nitrogen and oxygen atoms in total. The maximum Gasteiger partial charge on any atom is 0.257 e. The Bertz CT molecular complexity index is 708. The lowest BCUT2D eigenvalue weighted by molar-refractivity contribution is -0.123. The standard InChI is InChI=1S/C18H22BrN3O2.ClH/c19-16-3-1-15-12-17(4-2-14(15)11-16)24-13-18(23)21-7-10-22-8-5-20-6-9-22;/h1-4,11-12,20H,5-10,13H2,(H,21,23);1H.